The fraction of sp³-hybridized carbons (Fsp3) is 0.400. The highest BCUT2D eigenvalue weighted by molar-refractivity contribution is 5.99. The number of carbonyl (C=O) groups excluding carboxylic acids is 2. The quantitative estimate of drug-likeness (QED) is 0.823. The van der Waals surface area contributed by atoms with Crippen molar-refractivity contribution in [2.24, 2.45) is 5.92 Å². The summed E-state index contributed by atoms with van der Waals surface area (Å²) >= 11 is 0. The lowest BCUT2D eigenvalue weighted by molar-refractivity contribution is -0.143. The van der Waals surface area contributed by atoms with Gasteiger partial charge in [0, 0.05) is 10.9 Å². The molecule has 1 aromatic heterocycles. The molecule has 2 N–H and O–H groups in total. The van der Waals surface area contributed by atoms with E-state index in [2.05, 4.69) is 15.5 Å². The van der Waals surface area contributed by atoms with Gasteiger partial charge in [-0.05, 0) is 24.5 Å². The van der Waals surface area contributed by atoms with Gasteiger partial charge in [-0.3, -0.25) is 9.89 Å². The normalized spacial score (nSPS) is 12.4. The number of H-pyrrole nitrogens is 1. The van der Waals surface area contributed by atoms with Gasteiger partial charge >= 0.3 is 5.97 Å². The molecule has 0 radical (unpaired) electrons. The van der Waals surface area contributed by atoms with E-state index in [-0.39, 0.29) is 11.8 Å². The Morgan fingerprint density at radius 2 is 2.14 bits per heavy atom. The molecular weight excluding hydrogens is 270 g/mol. The first-order valence-corrected chi connectivity index (χ1v) is 6.83. The standard InChI is InChI=1S/C15H19N3O3/c1-9(2)6-13(15(20)21-3)17-14(19)10-4-5-11-8-16-18-12(11)7-10/h4-5,7-9,13H,6H2,1-3H3,(H,16,18)(H,17,19)/t13-/m1/s1. The summed E-state index contributed by atoms with van der Waals surface area (Å²) < 4.78 is 4.74. The van der Waals surface area contributed by atoms with Crippen LogP contribution < -0.4 is 5.32 Å². The van der Waals surface area contributed by atoms with Crippen LogP contribution in [0.3, 0.4) is 0 Å². The summed E-state index contributed by atoms with van der Waals surface area (Å²) in [6.45, 7) is 3.97. The SMILES string of the molecule is COC(=O)[C@@H](CC(C)C)NC(=O)c1ccc2cn[nH]c2c1. The van der Waals surface area contributed by atoms with E-state index in [1.807, 2.05) is 19.9 Å². The third-order valence-corrected chi connectivity index (χ3v) is 3.20. The van der Waals surface area contributed by atoms with Gasteiger partial charge in [0.25, 0.3) is 5.91 Å². The van der Waals surface area contributed by atoms with Crippen molar-refractivity contribution < 1.29 is 14.3 Å². The van der Waals surface area contributed by atoms with Crippen molar-refractivity contribution >= 4 is 22.8 Å². The molecular formula is C15H19N3O3. The molecule has 0 aliphatic heterocycles. The molecule has 21 heavy (non-hydrogen) atoms. The van der Waals surface area contributed by atoms with Crippen molar-refractivity contribution in [3.63, 3.8) is 0 Å². The average Bonchev–Trinajstić information content (AvgIpc) is 2.92. The van der Waals surface area contributed by atoms with Gasteiger partial charge in [-0.25, -0.2) is 4.79 Å². The van der Waals surface area contributed by atoms with E-state index in [1.54, 1.807) is 18.3 Å². The first kappa shape index (κ1) is 15.0. The number of esters is 1. The Labute approximate surface area is 122 Å². The van der Waals surface area contributed by atoms with Gasteiger partial charge in [-0.1, -0.05) is 19.9 Å². The summed E-state index contributed by atoms with van der Waals surface area (Å²) in [5.74, 6) is -0.466. The maximum Gasteiger partial charge on any atom is 0.328 e. The van der Waals surface area contributed by atoms with Gasteiger partial charge in [0.05, 0.1) is 18.8 Å². The van der Waals surface area contributed by atoms with E-state index < -0.39 is 12.0 Å². The molecule has 6 nitrogen and oxygen atoms in total. The Kier molecular flexibility index (Phi) is 4.57. The van der Waals surface area contributed by atoms with E-state index in [0.29, 0.717) is 12.0 Å². The lowest BCUT2D eigenvalue weighted by atomic mass is 10.0. The third-order valence-electron chi connectivity index (χ3n) is 3.20. The summed E-state index contributed by atoms with van der Waals surface area (Å²) in [6, 6.07) is 4.58. The van der Waals surface area contributed by atoms with Gasteiger partial charge in [-0.2, -0.15) is 5.10 Å². The molecule has 1 atom stereocenters. The van der Waals surface area contributed by atoms with E-state index >= 15 is 0 Å². The molecule has 1 aromatic carbocycles. The Morgan fingerprint density at radius 1 is 1.38 bits per heavy atom. The van der Waals surface area contributed by atoms with Crippen LogP contribution in [-0.2, 0) is 9.53 Å². The van der Waals surface area contributed by atoms with Gasteiger partial charge in [0.2, 0.25) is 0 Å². The molecule has 1 amide bonds. The van der Waals surface area contributed by atoms with E-state index in [4.69, 9.17) is 4.74 Å². The van der Waals surface area contributed by atoms with Gasteiger partial charge < -0.3 is 10.1 Å². The topological polar surface area (TPSA) is 84.1 Å². The Hall–Kier alpha value is -2.37. The first-order chi connectivity index (χ1) is 10.0. The monoisotopic (exact) mass is 289 g/mol. The second-order valence-corrected chi connectivity index (χ2v) is 5.35. The van der Waals surface area contributed by atoms with Crippen LogP contribution in [0.1, 0.15) is 30.6 Å². The van der Waals surface area contributed by atoms with Crippen LogP contribution >= 0.6 is 0 Å². The molecule has 2 aromatic rings. The number of amides is 1. The first-order valence-electron chi connectivity index (χ1n) is 6.83. The number of methoxy groups -OCH3 is 1. The molecule has 1 heterocycles. The highest BCUT2D eigenvalue weighted by Gasteiger charge is 2.23. The van der Waals surface area contributed by atoms with Crippen molar-refractivity contribution in [3.05, 3.63) is 30.0 Å². The number of hydrogen-bond acceptors (Lipinski definition) is 4. The second kappa shape index (κ2) is 6.39. The van der Waals surface area contributed by atoms with Crippen molar-refractivity contribution in [2.75, 3.05) is 7.11 Å². The van der Waals surface area contributed by atoms with Crippen LogP contribution in [0.2, 0.25) is 0 Å². The predicted molar refractivity (Wildman–Crippen MR) is 78.8 cm³/mol. The molecule has 0 aliphatic rings. The summed E-state index contributed by atoms with van der Waals surface area (Å²) in [7, 11) is 1.32. The molecule has 0 unspecified atom stereocenters. The predicted octanol–water partition coefficient (Wildman–Crippen LogP) is 1.88. The number of carbonyl (C=O) groups is 2. The average molecular weight is 289 g/mol. The molecule has 0 aliphatic carbocycles. The molecule has 112 valence electrons. The van der Waals surface area contributed by atoms with E-state index in [1.165, 1.54) is 7.11 Å². The summed E-state index contributed by atoms with van der Waals surface area (Å²) in [6.07, 6.45) is 2.22. The van der Waals surface area contributed by atoms with Gasteiger partial charge in [0.1, 0.15) is 6.04 Å². The van der Waals surface area contributed by atoms with Gasteiger partial charge in [-0.15, -0.1) is 0 Å². The van der Waals surface area contributed by atoms with E-state index in [9.17, 15) is 9.59 Å². The number of fused-ring (bicyclic) bond motifs is 1. The number of nitrogens with one attached hydrogen (secondary N) is 2. The molecule has 0 fully saturated rings. The van der Waals surface area contributed by atoms with Crippen molar-refractivity contribution in [1.82, 2.24) is 15.5 Å². The molecule has 0 spiro atoms. The Balaban J connectivity index is 2.15. The summed E-state index contributed by atoms with van der Waals surface area (Å²) in [4.78, 5) is 24.0. The number of aromatic nitrogens is 2. The zero-order valence-corrected chi connectivity index (χ0v) is 12.3. The fourth-order valence-electron chi connectivity index (χ4n) is 2.15. The minimum absolute atomic E-state index is 0.268. The number of nitrogens with zero attached hydrogens (tertiary/aromatic N) is 1. The van der Waals surface area contributed by atoms with Crippen molar-refractivity contribution in [2.45, 2.75) is 26.3 Å². The third kappa shape index (κ3) is 3.59. The number of ether oxygens (including phenoxy) is 1. The molecule has 0 bridgehead atoms. The lowest BCUT2D eigenvalue weighted by Gasteiger charge is -2.18. The fourth-order valence-corrected chi connectivity index (χ4v) is 2.15. The number of aromatic amines is 1. The number of rotatable bonds is 5. The smallest absolute Gasteiger partial charge is 0.328 e. The molecule has 2 rings (SSSR count). The second-order valence-electron chi connectivity index (χ2n) is 5.35. The molecule has 0 saturated heterocycles. The minimum Gasteiger partial charge on any atom is -0.467 e. The Bertz CT molecular complexity index is 648. The Morgan fingerprint density at radius 3 is 2.81 bits per heavy atom. The maximum absolute atomic E-state index is 12.3. The zero-order valence-electron chi connectivity index (χ0n) is 12.3. The molecule has 6 heteroatoms. The molecule has 0 saturated carbocycles. The lowest BCUT2D eigenvalue weighted by Crippen LogP contribution is -2.42. The van der Waals surface area contributed by atoms with Crippen LogP contribution in [0.15, 0.2) is 24.4 Å². The number of hydrogen-bond donors (Lipinski definition) is 2. The van der Waals surface area contributed by atoms with Gasteiger partial charge in [0.15, 0.2) is 0 Å². The van der Waals surface area contributed by atoms with Crippen LogP contribution in [0.25, 0.3) is 10.9 Å². The van der Waals surface area contributed by atoms with Crippen LogP contribution in [0.5, 0.6) is 0 Å². The summed E-state index contributed by atoms with van der Waals surface area (Å²) in [5.41, 5.74) is 1.26. The van der Waals surface area contributed by atoms with Crippen LogP contribution in [-0.4, -0.2) is 35.2 Å². The number of benzene rings is 1. The minimum atomic E-state index is -0.639. The summed E-state index contributed by atoms with van der Waals surface area (Å²) in [5, 5.41) is 10.4. The maximum atomic E-state index is 12.3. The zero-order chi connectivity index (χ0) is 15.4. The highest BCUT2D eigenvalue weighted by Crippen LogP contribution is 2.13. The van der Waals surface area contributed by atoms with Crippen LogP contribution in [0, 0.1) is 5.92 Å². The largest absolute Gasteiger partial charge is 0.467 e. The highest BCUT2D eigenvalue weighted by atomic mass is 16.5. The van der Waals surface area contributed by atoms with Crippen molar-refractivity contribution in [1.29, 1.82) is 0 Å². The van der Waals surface area contributed by atoms with Crippen LogP contribution in [0.4, 0.5) is 0 Å². The van der Waals surface area contributed by atoms with Crippen molar-refractivity contribution in [3.8, 4) is 0 Å². The van der Waals surface area contributed by atoms with E-state index in [0.717, 1.165) is 10.9 Å².